The Morgan fingerprint density at radius 3 is 2.45 bits per heavy atom. The fourth-order valence-corrected chi connectivity index (χ4v) is 0.685. The molecular weight excluding hydrogens is 148 g/mol. The molecule has 0 heterocycles. The first-order valence-corrected chi connectivity index (χ1v) is 2.84. The minimum atomic E-state index is -1.33. The van der Waals surface area contributed by atoms with Crippen LogP contribution in [0.2, 0.25) is 0 Å². The molecule has 1 radical (unpaired) electrons. The largest absolute Gasteiger partial charge is 0.508 e. The van der Waals surface area contributed by atoms with Gasteiger partial charge in [0.15, 0.2) is 11.7 Å². The fourth-order valence-electron chi connectivity index (χ4n) is 0.685. The van der Waals surface area contributed by atoms with E-state index in [9.17, 15) is 9.59 Å². The average molecular weight is 153 g/mol. The van der Waals surface area contributed by atoms with Gasteiger partial charge in [0, 0.05) is 0 Å². The summed E-state index contributed by atoms with van der Waals surface area (Å²) in [6.45, 7) is 0. The van der Waals surface area contributed by atoms with Crippen molar-refractivity contribution >= 4 is 11.8 Å². The Morgan fingerprint density at radius 1 is 1.36 bits per heavy atom. The van der Waals surface area contributed by atoms with Crippen LogP contribution in [-0.4, -0.2) is 22.0 Å². The molecule has 0 saturated carbocycles. The summed E-state index contributed by atoms with van der Waals surface area (Å²) in [6, 6.07) is 0. The van der Waals surface area contributed by atoms with Gasteiger partial charge in [-0.25, -0.2) is 0 Å². The molecule has 0 bridgehead atoms. The molecule has 0 amide bonds. The number of aliphatic hydroxyl groups is 1. The van der Waals surface area contributed by atoms with Gasteiger partial charge in [0.2, 0.25) is 0 Å². The number of allylic oxidation sites excluding steroid dienone is 2. The van der Waals surface area contributed by atoms with Gasteiger partial charge >= 0.3 is 5.97 Å². The molecule has 0 aliphatic heterocycles. The van der Waals surface area contributed by atoms with Gasteiger partial charge in [-0.05, 0) is 18.2 Å². The van der Waals surface area contributed by atoms with Crippen LogP contribution in [0.4, 0.5) is 0 Å². The van der Waals surface area contributed by atoms with E-state index in [1.54, 1.807) is 0 Å². The molecule has 0 aromatic heterocycles. The van der Waals surface area contributed by atoms with Crippen molar-refractivity contribution in [2.24, 2.45) is 0 Å². The lowest BCUT2D eigenvalue weighted by Crippen LogP contribution is -2.20. The molecule has 0 saturated heterocycles. The molecule has 2 N–H and O–H groups in total. The van der Waals surface area contributed by atoms with Crippen LogP contribution in [0, 0.1) is 5.92 Å². The van der Waals surface area contributed by atoms with Crippen molar-refractivity contribution in [3.05, 3.63) is 29.9 Å². The van der Waals surface area contributed by atoms with E-state index in [2.05, 4.69) is 0 Å². The smallest absolute Gasteiger partial charge is 0.323 e. The molecule has 4 heteroatoms. The van der Waals surface area contributed by atoms with Crippen molar-refractivity contribution in [3.8, 4) is 0 Å². The quantitative estimate of drug-likeness (QED) is 0.565. The highest BCUT2D eigenvalue weighted by Gasteiger charge is 2.25. The summed E-state index contributed by atoms with van der Waals surface area (Å²) in [5, 5.41) is 17.2. The van der Waals surface area contributed by atoms with Gasteiger partial charge < -0.3 is 10.2 Å². The third-order valence-corrected chi connectivity index (χ3v) is 1.19. The van der Waals surface area contributed by atoms with Crippen LogP contribution >= 0.6 is 0 Å². The van der Waals surface area contributed by atoms with Crippen LogP contribution in [0.25, 0.3) is 0 Å². The Kier molecular flexibility index (Phi) is 1.76. The maximum absolute atomic E-state index is 10.7. The Hall–Kier alpha value is -1.58. The first-order chi connectivity index (χ1) is 5.11. The number of ketones is 1. The van der Waals surface area contributed by atoms with Crippen LogP contribution in [0.1, 0.15) is 0 Å². The first kappa shape index (κ1) is 7.53. The molecule has 1 aliphatic rings. The lowest BCUT2D eigenvalue weighted by atomic mass is 9.99. The lowest BCUT2D eigenvalue weighted by molar-refractivity contribution is -0.136. The Bertz CT molecular complexity index is 262. The maximum Gasteiger partial charge on any atom is 0.323 e. The molecule has 0 aromatic rings. The van der Waals surface area contributed by atoms with Crippen LogP contribution in [0.3, 0.4) is 0 Å². The maximum atomic E-state index is 10.7. The van der Waals surface area contributed by atoms with E-state index in [4.69, 9.17) is 10.2 Å². The zero-order chi connectivity index (χ0) is 8.43. The van der Waals surface area contributed by atoms with E-state index in [-0.39, 0.29) is 5.76 Å². The SMILES string of the molecule is O=C(O)[C]1C=C(O)C=CC1=O. The Labute approximate surface area is 62.5 Å². The lowest BCUT2D eigenvalue weighted by Gasteiger charge is -2.05. The van der Waals surface area contributed by atoms with Crippen molar-refractivity contribution in [1.29, 1.82) is 0 Å². The Balaban J connectivity index is 2.90. The standard InChI is InChI=1S/C7H5O4/c8-4-1-2-6(9)5(3-4)7(10)11/h1-3,8H,(H,10,11). The number of carbonyl (C=O) groups is 2. The van der Waals surface area contributed by atoms with E-state index in [0.717, 1.165) is 18.2 Å². The van der Waals surface area contributed by atoms with E-state index >= 15 is 0 Å². The zero-order valence-corrected chi connectivity index (χ0v) is 5.44. The highest BCUT2D eigenvalue weighted by Crippen LogP contribution is 2.13. The minimum Gasteiger partial charge on any atom is -0.508 e. The van der Waals surface area contributed by atoms with Crippen molar-refractivity contribution in [2.75, 3.05) is 0 Å². The summed E-state index contributed by atoms with van der Waals surface area (Å²) in [7, 11) is 0. The summed E-state index contributed by atoms with van der Waals surface area (Å²) < 4.78 is 0. The number of aliphatic hydroxyl groups excluding tert-OH is 1. The van der Waals surface area contributed by atoms with Gasteiger partial charge in [0.25, 0.3) is 0 Å². The van der Waals surface area contributed by atoms with E-state index in [1.807, 2.05) is 0 Å². The summed E-state index contributed by atoms with van der Waals surface area (Å²) >= 11 is 0. The van der Waals surface area contributed by atoms with Gasteiger partial charge in [0.05, 0.1) is 0 Å². The number of carboxylic acids is 1. The third kappa shape index (κ3) is 1.46. The summed E-state index contributed by atoms with van der Waals surface area (Å²) in [5.74, 6) is -2.56. The third-order valence-electron chi connectivity index (χ3n) is 1.19. The van der Waals surface area contributed by atoms with Crippen LogP contribution in [0.5, 0.6) is 0 Å². The van der Waals surface area contributed by atoms with Gasteiger partial charge in [-0.3, -0.25) is 9.59 Å². The van der Waals surface area contributed by atoms with E-state index in [0.29, 0.717) is 0 Å². The minimum absolute atomic E-state index is 0.220. The summed E-state index contributed by atoms with van der Waals surface area (Å²) in [5.41, 5.74) is 0. The van der Waals surface area contributed by atoms with Crippen LogP contribution in [-0.2, 0) is 9.59 Å². The molecule has 0 atom stereocenters. The van der Waals surface area contributed by atoms with Gasteiger partial charge in [-0.1, -0.05) is 0 Å². The van der Waals surface area contributed by atoms with Gasteiger partial charge in [-0.15, -0.1) is 0 Å². The highest BCUT2D eigenvalue weighted by molar-refractivity contribution is 6.20. The van der Waals surface area contributed by atoms with Crippen LogP contribution < -0.4 is 0 Å². The summed E-state index contributed by atoms with van der Waals surface area (Å²) in [6.07, 6.45) is 3.08. The predicted octanol–water partition coefficient (Wildman–Crippen LogP) is 0.226. The topological polar surface area (TPSA) is 74.6 Å². The monoisotopic (exact) mass is 153 g/mol. The number of rotatable bonds is 1. The molecule has 1 aliphatic carbocycles. The fraction of sp³-hybridized carbons (Fsp3) is 0. The summed E-state index contributed by atoms with van der Waals surface area (Å²) in [4.78, 5) is 21.0. The van der Waals surface area contributed by atoms with E-state index < -0.39 is 17.7 Å². The molecule has 1 rings (SSSR count). The number of hydrogen-bond acceptors (Lipinski definition) is 3. The number of aliphatic carboxylic acids is 1. The number of hydrogen-bond donors (Lipinski definition) is 2. The normalized spacial score (nSPS) is 18.2. The second kappa shape index (κ2) is 2.57. The average Bonchev–Trinajstić information content (AvgIpc) is 1.94. The van der Waals surface area contributed by atoms with Crippen molar-refractivity contribution in [2.45, 2.75) is 0 Å². The second-order valence-corrected chi connectivity index (χ2v) is 1.99. The molecule has 4 nitrogen and oxygen atoms in total. The first-order valence-electron chi connectivity index (χ1n) is 2.84. The highest BCUT2D eigenvalue weighted by atomic mass is 16.4. The Morgan fingerprint density at radius 2 is 2.00 bits per heavy atom. The number of carboxylic acid groups (broad SMARTS) is 1. The van der Waals surface area contributed by atoms with Crippen molar-refractivity contribution < 1.29 is 19.8 Å². The van der Waals surface area contributed by atoms with Gasteiger partial charge in [0.1, 0.15) is 5.76 Å². The molecular formula is C7H5O4. The molecule has 57 valence electrons. The van der Waals surface area contributed by atoms with Crippen molar-refractivity contribution in [3.63, 3.8) is 0 Å². The molecule has 0 unspecified atom stereocenters. The van der Waals surface area contributed by atoms with Crippen molar-refractivity contribution in [1.82, 2.24) is 0 Å². The zero-order valence-electron chi connectivity index (χ0n) is 5.44. The van der Waals surface area contributed by atoms with Gasteiger partial charge in [-0.2, -0.15) is 0 Å². The number of carbonyl (C=O) groups excluding carboxylic acids is 1. The van der Waals surface area contributed by atoms with Crippen LogP contribution in [0.15, 0.2) is 24.0 Å². The molecule has 0 spiro atoms. The van der Waals surface area contributed by atoms with E-state index in [1.165, 1.54) is 0 Å². The second-order valence-electron chi connectivity index (χ2n) is 1.99. The molecule has 0 aromatic carbocycles. The molecule has 0 fully saturated rings. The predicted molar refractivity (Wildman–Crippen MR) is 35.7 cm³/mol. The molecule has 11 heavy (non-hydrogen) atoms.